The van der Waals surface area contributed by atoms with Crippen molar-refractivity contribution in [3.05, 3.63) is 94.8 Å². The number of hydrogen-bond acceptors (Lipinski definition) is 8. The molecule has 1 amide bonds. The Labute approximate surface area is 287 Å². The van der Waals surface area contributed by atoms with Crippen LogP contribution in [0.5, 0.6) is 5.75 Å². The van der Waals surface area contributed by atoms with E-state index >= 15 is 0 Å². The molecule has 10 nitrogen and oxygen atoms in total. The smallest absolute Gasteiger partial charge is 0.233 e. The molecule has 264 valence electrons. The number of nitrogens with one attached hydrogen (secondary N) is 1. The molecule has 0 radical (unpaired) electrons. The Morgan fingerprint density at radius 2 is 1.73 bits per heavy atom. The van der Waals surface area contributed by atoms with Gasteiger partial charge in [-0.05, 0) is 79.6 Å². The zero-order valence-electron chi connectivity index (χ0n) is 27.8. The first-order valence-corrected chi connectivity index (χ1v) is 18.3. The SMILES string of the molecule is CCCCOc1cc(C#CC(O)(CO)CO)ccc1[C@@H]1C(CC[C@H](O)c2ccc(F)cc2)C(=O)N1c1ccc(CCCNS(C)(=O)=O)cc1. The molecule has 0 bridgehead atoms. The van der Waals surface area contributed by atoms with Gasteiger partial charge in [0.2, 0.25) is 15.9 Å². The lowest BCUT2D eigenvalue weighted by atomic mass is 9.77. The van der Waals surface area contributed by atoms with Gasteiger partial charge in [-0.1, -0.05) is 55.5 Å². The number of β-lactam (4-membered cyclic amide) rings is 1. The van der Waals surface area contributed by atoms with Gasteiger partial charge in [0.1, 0.15) is 11.6 Å². The summed E-state index contributed by atoms with van der Waals surface area (Å²) in [7, 11) is -3.26. The van der Waals surface area contributed by atoms with E-state index in [2.05, 4.69) is 16.6 Å². The molecule has 3 aromatic rings. The lowest BCUT2D eigenvalue weighted by molar-refractivity contribution is -0.131. The average Bonchev–Trinajstić information content (AvgIpc) is 3.09. The van der Waals surface area contributed by atoms with Gasteiger partial charge in [-0.2, -0.15) is 0 Å². The number of benzene rings is 3. The lowest BCUT2D eigenvalue weighted by Gasteiger charge is -2.48. The Morgan fingerprint density at radius 3 is 2.37 bits per heavy atom. The van der Waals surface area contributed by atoms with E-state index < -0.39 is 52.7 Å². The largest absolute Gasteiger partial charge is 0.493 e. The van der Waals surface area contributed by atoms with Gasteiger partial charge in [-0.25, -0.2) is 17.5 Å². The molecule has 1 aliphatic heterocycles. The summed E-state index contributed by atoms with van der Waals surface area (Å²) in [5.74, 6) is 4.79. The second kappa shape index (κ2) is 17.2. The maximum Gasteiger partial charge on any atom is 0.233 e. The van der Waals surface area contributed by atoms with Crippen molar-refractivity contribution in [2.45, 2.75) is 63.2 Å². The summed E-state index contributed by atoms with van der Waals surface area (Å²) in [6, 6.07) is 18.0. The minimum absolute atomic E-state index is 0.124. The van der Waals surface area contributed by atoms with Gasteiger partial charge in [-0.3, -0.25) is 4.79 Å². The Kier molecular flexibility index (Phi) is 13.3. The van der Waals surface area contributed by atoms with Crippen LogP contribution >= 0.6 is 0 Å². The second-order valence-corrected chi connectivity index (χ2v) is 14.2. The van der Waals surface area contributed by atoms with Crippen LogP contribution in [-0.2, 0) is 21.2 Å². The fraction of sp³-hybridized carbons (Fsp3) is 0.432. The molecule has 0 aliphatic carbocycles. The first-order valence-electron chi connectivity index (χ1n) is 16.4. The molecule has 1 heterocycles. The van der Waals surface area contributed by atoms with E-state index in [0.717, 1.165) is 30.2 Å². The second-order valence-electron chi connectivity index (χ2n) is 12.4. The molecule has 12 heteroatoms. The molecule has 1 aliphatic rings. The van der Waals surface area contributed by atoms with Crippen LogP contribution in [0.2, 0.25) is 0 Å². The fourth-order valence-electron chi connectivity index (χ4n) is 5.66. The van der Waals surface area contributed by atoms with E-state index in [1.165, 1.54) is 24.3 Å². The molecule has 1 unspecified atom stereocenters. The third-order valence-electron chi connectivity index (χ3n) is 8.49. The van der Waals surface area contributed by atoms with Crippen LogP contribution in [0, 0.1) is 23.6 Å². The van der Waals surface area contributed by atoms with E-state index in [0.29, 0.717) is 55.0 Å². The summed E-state index contributed by atoms with van der Waals surface area (Å²) >= 11 is 0. The minimum atomic E-state index is -3.26. The van der Waals surface area contributed by atoms with Crippen LogP contribution in [0.3, 0.4) is 0 Å². The fourth-order valence-corrected chi connectivity index (χ4v) is 6.18. The molecule has 5 N–H and O–H groups in total. The summed E-state index contributed by atoms with van der Waals surface area (Å²) in [5, 5.41) is 40.0. The third kappa shape index (κ3) is 10.3. The molecular formula is C37H45FN2O8S. The number of unbranched alkanes of at least 4 members (excludes halogenated alkanes) is 1. The summed E-state index contributed by atoms with van der Waals surface area (Å²) in [4.78, 5) is 15.5. The van der Waals surface area contributed by atoms with Gasteiger partial charge in [0, 0.05) is 23.4 Å². The van der Waals surface area contributed by atoms with E-state index in [1.807, 2.05) is 37.3 Å². The zero-order valence-corrected chi connectivity index (χ0v) is 28.6. The van der Waals surface area contributed by atoms with Gasteiger partial charge in [-0.15, -0.1) is 0 Å². The van der Waals surface area contributed by atoms with Crippen LogP contribution in [0.4, 0.5) is 10.1 Å². The third-order valence-corrected chi connectivity index (χ3v) is 9.22. The number of amides is 1. The molecule has 0 aromatic heterocycles. The number of aliphatic hydroxyl groups is 4. The number of aryl methyl sites for hydroxylation is 1. The number of rotatable bonds is 17. The number of halogens is 1. The molecule has 3 aromatic carbocycles. The molecule has 0 spiro atoms. The van der Waals surface area contributed by atoms with Crippen molar-refractivity contribution in [1.82, 2.24) is 4.72 Å². The number of nitrogens with zero attached hydrogens (tertiary/aromatic N) is 1. The lowest BCUT2D eigenvalue weighted by Crippen LogP contribution is -2.55. The number of sulfonamides is 1. The Bertz CT molecular complexity index is 1720. The predicted octanol–water partition coefficient (Wildman–Crippen LogP) is 3.77. The van der Waals surface area contributed by atoms with Gasteiger partial charge in [0.15, 0.2) is 5.60 Å². The number of aliphatic hydroxyl groups excluding tert-OH is 3. The summed E-state index contributed by atoms with van der Waals surface area (Å²) < 4.78 is 44.9. The molecule has 0 saturated carbocycles. The van der Waals surface area contributed by atoms with Crippen LogP contribution in [-0.4, -0.2) is 73.0 Å². The number of carbonyl (C=O) groups is 1. The summed E-state index contributed by atoms with van der Waals surface area (Å²) in [5.41, 5.74) is 1.46. The highest BCUT2D eigenvalue weighted by molar-refractivity contribution is 7.88. The molecular weight excluding hydrogens is 651 g/mol. The predicted molar refractivity (Wildman–Crippen MR) is 185 cm³/mol. The first kappa shape index (κ1) is 38.0. The summed E-state index contributed by atoms with van der Waals surface area (Å²) in [6.45, 7) is 1.29. The normalized spacial score (nSPS) is 16.9. The van der Waals surface area contributed by atoms with Gasteiger partial charge < -0.3 is 30.1 Å². The zero-order chi connectivity index (χ0) is 35.6. The van der Waals surface area contributed by atoms with Crippen molar-refractivity contribution in [1.29, 1.82) is 0 Å². The van der Waals surface area contributed by atoms with Crippen molar-refractivity contribution in [2.75, 3.05) is 37.5 Å². The van der Waals surface area contributed by atoms with Crippen molar-refractivity contribution >= 4 is 21.6 Å². The quantitative estimate of drug-likeness (QED) is 0.0812. The standard InChI is InChI=1S/C37H45FN2O8S/c1-3-4-22-48-34-23-27(19-20-37(45,24-41)25-42)9-16-31(34)35-32(17-18-33(43)28-10-12-29(38)13-11-28)36(44)40(35)30-14-7-26(8-15-30)6-5-21-39-49(2,46)47/h7-16,23,32-33,35,39,41-43,45H,3-6,17-18,21-22,24-25H2,1-2H3/t32?,33-,35+/m0/s1. The maximum atomic E-state index is 13.8. The number of hydrogen-bond donors (Lipinski definition) is 5. The number of ether oxygens (including phenoxy) is 1. The average molecular weight is 697 g/mol. The number of carbonyl (C=O) groups excluding carboxylic acids is 1. The molecule has 49 heavy (non-hydrogen) atoms. The molecule has 1 fully saturated rings. The van der Waals surface area contributed by atoms with E-state index in [4.69, 9.17) is 4.74 Å². The van der Waals surface area contributed by atoms with E-state index in [9.17, 15) is 38.0 Å². The van der Waals surface area contributed by atoms with Gasteiger partial charge >= 0.3 is 0 Å². The maximum absolute atomic E-state index is 13.8. The summed E-state index contributed by atoms with van der Waals surface area (Å²) in [6.07, 6.45) is 3.77. The molecule has 3 atom stereocenters. The van der Waals surface area contributed by atoms with E-state index in [-0.39, 0.29) is 12.3 Å². The number of anilines is 1. The first-order chi connectivity index (χ1) is 23.4. The highest BCUT2D eigenvalue weighted by Gasteiger charge is 2.49. The van der Waals surface area contributed by atoms with Crippen molar-refractivity contribution in [3.8, 4) is 17.6 Å². The Hall–Kier alpha value is -3.83. The monoisotopic (exact) mass is 696 g/mol. The van der Waals surface area contributed by atoms with Crippen LogP contribution in [0.1, 0.15) is 73.4 Å². The topological polar surface area (TPSA) is 157 Å². The van der Waals surface area contributed by atoms with Gasteiger partial charge in [0.05, 0.1) is 44.1 Å². The molecule has 4 rings (SSSR count). The minimum Gasteiger partial charge on any atom is -0.493 e. The van der Waals surface area contributed by atoms with Crippen LogP contribution < -0.4 is 14.4 Å². The highest BCUT2D eigenvalue weighted by Crippen LogP contribution is 2.49. The van der Waals surface area contributed by atoms with E-state index in [1.54, 1.807) is 17.0 Å². The Balaban J connectivity index is 1.65. The Morgan fingerprint density at radius 1 is 1.04 bits per heavy atom. The van der Waals surface area contributed by atoms with Crippen LogP contribution in [0.15, 0.2) is 66.7 Å². The molecule has 1 saturated heterocycles. The van der Waals surface area contributed by atoms with Gasteiger partial charge in [0.25, 0.3) is 0 Å². The van der Waals surface area contributed by atoms with Crippen molar-refractivity contribution in [2.24, 2.45) is 5.92 Å². The highest BCUT2D eigenvalue weighted by atomic mass is 32.2. The van der Waals surface area contributed by atoms with Crippen molar-refractivity contribution < 1.29 is 42.8 Å². The van der Waals surface area contributed by atoms with Crippen LogP contribution in [0.25, 0.3) is 0 Å². The van der Waals surface area contributed by atoms with Crippen molar-refractivity contribution in [3.63, 3.8) is 0 Å².